The Morgan fingerprint density at radius 1 is 1.18 bits per heavy atom. The van der Waals surface area contributed by atoms with Gasteiger partial charge < -0.3 is 9.84 Å². The third-order valence-corrected chi connectivity index (χ3v) is 3.00. The lowest BCUT2D eigenvalue weighted by molar-refractivity contribution is 0.104. The van der Waals surface area contributed by atoms with Gasteiger partial charge in [0, 0.05) is 5.56 Å². The molecule has 0 bridgehead atoms. The van der Waals surface area contributed by atoms with Crippen LogP contribution in [0.1, 0.15) is 29.8 Å². The zero-order valence-corrected chi connectivity index (χ0v) is 12.8. The van der Waals surface area contributed by atoms with Crippen LogP contribution in [0.5, 0.6) is 11.5 Å². The Morgan fingerprint density at radius 2 is 1.95 bits per heavy atom. The van der Waals surface area contributed by atoms with E-state index in [1.54, 1.807) is 18.2 Å². The summed E-state index contributed by atoms with van der Waals surface area (Å²) in [6.07, 6.45) is 3.24. The highest BCUT2D eigenvalue weighted by Crippen LogP contribution is 2.16. The van der Waals surface area contributed by atoms with E-state index in [0.29, 0.717) is 18.1 Å². The Balaban J connectivity index is 2.06. The van der Waals surface area contributed by atoms with E-state index in [0.717, 1.165) is 11.3 Å². The van der Waals surface area contributed by atoms with Gasteiger partial charge in [-0.15, -0.1) is 0 Å². The second-order valence-electron chi connectivity index (χ2n) is 5.53. The molecule has 2 aromatic carbocycles. The van der Waals surface area contributed by atoms with Crippen molar-refractivity contribution in [3.8, 4) is 11.5 Å². The van der Waals surface area contributed by atoms with Gasteiger partial charge >= 0.3 is 0 Å². The standard InChI is InChI=1S/C19H20O3/c1-14(2)13-22-18-8-3-5-15(11-18)9-10-19(21)16-6-4-7-17(20)12-16/h3-12,14,20H,13H2,1-2H3/b10-9+. The number of ketones is 1. The summed E-state index contributed by atoms with van der Waals surface area (Å²) in [5.41, 5.74) is 1.36. The lowest BCUT2D eigenvalue weighted by Crippen LogP contribution is -2.04. The average Bonchev–Trinajstić information content (AvgIpc) is 2.51. The average molecular weight is 296 g/mol. The Kier molecular flexibility index (Phi) is 5.37. The number of ether oxygens (including phenoxy) is 1. The van der Waals surface area contributed by atoms with Crippen LogP contribution in [-0.2, 0) is 0 Å². The van der Waals surface area contributed by atoms with Crippen LogP contribution in [-0.4, -0.2) is 17.5 Å². The summed E-state index contributed by atoms with van der Waals surface area (Å²) in [6.45, 7) is 4.85. The second kappa shape index (κ2) is 7.46. The minimum Gasteiger partial charge on any atom is -0.508 e. The Morgan fingerprint density at radius 3 is 2.68 bits per heavy atom. The number of hydrogen-bond acceptors (Lipinski definition) is 3. The SMILES string of the molecule is CC(C)COc1cccc(/C=C/C(=O)c2cccc(O)c2)c1. The molecule has 0 fully saturated rings. The predicted octanol–water partition coefficient (Wildman–Crippen LogP) is 4.32. The van der Waals surface area contributed by atoms with Crippen molar-refractivity contribution >= 4 is 11.9 Å². The number of phenolic OH excluding ortho intramolecular Hbond substituents is 1. The molecule has 0 aliphatic rings. The molecule has 0 unspecified atom stereocenters. The van der Waals surface area contributed by atoms with Gasteiger partial charge in [-0.3, -0.25) is 4.79 Å². The van der Waals surface area contributed by atoms with Gasteiger partial charge in [0.05, 0.1) is 6.61 Å². The van der Waals surface area contributed by atoms with Crippen LogP contribution in [0.3, 0.4) is 0 Å². The first kappa shape index (κ1) is 15.8. The van der Waals surface area contributed by atoms with Crippen molar-refractivity contribution in [1.29, 1.82) is 0 Å². The second-order valence-corrected chi connectivity index (χ2v) is 5.53. The fraction of sp³-hybridized carbons (Fsp3) is 0.211. The number of phenols is 1. The van der Waals surface area contributed by atoms with Crippen molar-refractivity contribution in [2.75, 3.05) is 6.61 Å². The largest absolute Gasteiger partial charge is 0.508 e. The van der Waals surface area contributed by atoms with Crippen molar-refractivity contribution in [2.45, 2.75) is 13.8 Å². The van der Waals surface area contributed by atoms with E-state index < -0.39 is 0 Å². The van der Waals surface area contributed by atoms with Gasteiger partial charge in [-0.2, -0.15) is 0 Å². The molecule has 3 nitrogen and oxygen atoms in total. The summed E-state index contributed by atoms with van der Waals surface area (Å²) in [5, 5.41) is 9.39. The van der Waals surface area contributed by atoms with Crippen molar-refractivity contribution in [3.63, 3.8) is 0 Å². The predicted molar refractivity (Wildman–Crippen MR) is 88.2 cm³/mol. The van der Waals surface area contributed by atoms with Gasteiger partial charge in [0.15, 0.2) is 5.78 Å². The molecular formula is C19H20O3. The van der Waals surface area contributed by atoms with Gasteiger partial charge in [-0.05, 0) is 41.8 Å². The molecule has 0 atom stereocenters. The summed E-state index contributed by atoms with van der Waals surface area (Å²) in [4.78, 5) is 12.0. The highest BCUT2D eigenvalue weighted by molar-refractivity contribution is 6.07. The minimum absolute atomic E-state index is 0.0864. The zero-order chi connectivity index (χ0) is 15.9. The molecule has 22 heavy (non-hydrogen) atoms. The maximum atomic E-state index is 12.0. The monoisotopic (exact) mass is 296 g/mol. The quantitative estimate of drug-likeness (QED) is 0.637. The van der Waals surface area contributed by atoms with Gasteiger partial charge in [0.1, 0.15) is 11.5 Å². The van der Waals surface area contributed by atoms with Crippen molar-refractivity contribution in [3.05, 3.63) is 65.7 Å². The molecule has 0 saturated carbocycles. The minimum atomic E-state index is -0.149. The number of allylic oxidation sites excluding steroid dienone is 1. The van der Waals surface area contributed by atoms with Crippen LogP contribution in [0.25, 0.3) is 6.08 Å². The molecule has 0 spiro atoms. The van der Waals surface area contributed by atoms with Gasteiger partial charge in [-0.1, -0.05) is 44.2 Å². The van der Waals surface area contributed by atoms with Gasteiger partial charge in [0.2, 0.25) is 0 Å². The fourth-order valence-corrected chi connectivity index (χ4v) is 1.90. The maximum Gasteiger partial charge on any atom is 0.185 e. The molecule has 2 aromatic rings. The summed E-state index contributed by atoms with van der Waals surface area (Å²) >= 11 is 0. The highest BCUT2D eigenvalue weighted by Gasteiger charge is 2.02. The molecular weight excluding hydrogens is 276 g/mol. The molecule has 0 amide bonds. The number of carbonyl (C=O) groups excluding carboxylic acids is 1. The van der Waals surface area contributed by atoms with Crippen molar-refractivity contribution < 1.29 is 14.6 Å². The van der Waals surface area contributed by atoms with Crippen LogP contribution < -0.4 is 4.74 Å². The molecule has 114 valence electrons. The van der Waals surface area contributed by atoms with Crippen LogP contribution in [0.4, 0.5) is 0 Å². The first-order valence-corrected chi connectivity index (χ1v) is 7.29. The van der Waals surface area contributed by atoms with Crippen molar-refractivity contribution in [2.24, 2.45) is 5.92 Å². The molecule has 0 aliphatic heterocycles. The van der Waals surface area contributed by atoms with E-state index in [1.807, 2.05) is 24.3 Å². The topological polar surface area (TPSA) is 46.5 Å². The molecule has 3 heteroatoms. The summed E-state index contributed by atoms with van der Waals surface area (Å²) < 4.78 is 5.66. The molecule has 0 heterocycles. The van der Waals surface area contributed by atoms with Gasteiger partial charge in [0.25, 0.3) is 0 Å². The van der Waals surface area contributed by atoms with Crippen LogP contribution >= 0.6 is 0 Å². The number of rotatable bonds is 6. The fourth-order valence-electron chi connectivity index (χ4n) is 1.90. The smallest absolute Gasteiger partial charge is 0.185 e. The zero-order valence-electron chi connectivity index (χ0n) is 12.8. The maximum absolute atomic E-state index is 12.0. The number of benzene rings is 2. The lowest BCUT2D eigenvalue weighted by Gasteiger charge is -2.08. The van der Waals surface area contributed by atoms with Crippen LogP contribution in [0.2, 0.25) is 0 Å². The van der Waals surface area contributed by atoms with E-state index in [2.05, 4.69) is 13.8 Å². The van der Waals surface area contributed by atoms with E-state index in [-0.39, 0.29) is 11.5 Å². The van der Waals surface area contributed by atoms with Crippen LogP contribution in [0, 0.1) is 5.92 Å². The molecule has 1 N–H and O–H groups in total. The van der Waals surface area contributed by atoms with E-state index in [4.69, 9.17) is 4.74 Å². The van der Waals surface area contributed by atoms with E-state index in [1.165, 1.54) is 18.2 Å². The number of aromatic hydroxyl groups is 1. The number of hydrogen-bond donors (Lipinski definition) is 1. The molecule has 0 aromatic heterocycles. The van der Waals surface area contributed by atoms with Gasteiger partial charge in [-0.25, -0.2) is 0 Å². The third kappa shape index (κ3) is 4.77. The number of carbonyl (C=O) groups is 1. The van der Waals surface area contributed by atoms with Crippen molar-refractivity contribution in [1.82, 2.24) is 0 Å². The summed E-state index contributed by atoms with van der Waals surface area (Å²) in [5.74, 6) is 1.19. The normalized spacial score (nSPS) is 11.0. The highest BCUT2D eigenvalue weighted by atomic mass is 16.5. The lowest BCUT2D eigenvalue weighted by atomic mass is 10.1. The molecule has 0 radical (unpaired) electrons. The van der Waals surface area contributed by atoms with E-state index >= 15 is 0 Å². The Labute approximate surface area is 130 Å². The molecule has 0 saturated heterocycles. The summed E-state index contributed by atoms with van der Waals surface area (Å²) in [7, 11) is 0. The van der Waals surface area contributed by atoms with E-state index in [9.17, 15) is 9.90 Å². The Bertz CT molecular complexity index is 672. The Hall–Kier alpha value is -2.55. The molecule has 2 rings (SSSR count). The summed E-state index contributed by atoms with van der Waals surface area (Å²) in [6, 6.07) is 13.9. The first-order chi connectivity index (χ1) is 10.5. The first-order valence-electron chi connectivity index (χ1n) is 7.29. The third-order valence-electron chi connectivity index (χ3n) is 3.00. The molecule has 0 aliphatic carbocycles. The van der Waals surface area contributed by atoms with Crippen LogP contribution in [0.15, 0.2) is 54.6 Å².